The Balaban J connectivity index is 1.55. The fourth-order valence-electron chi connectivity index (χ4n) is 2.62. The Kier molecular flexibility index (Phi) is 5.49. The highest BCUT2D eigenvalue weighted by Crippen LogP contribution is 2.29. The smallest absolute Gasteiger partial charge is 0.246 e. The summed E-state index contributed by atoms with van der Waals surface area (Å²) >= 11 is 1.40. The summed E-state index contributed by atoms with van der Waals surface area (Å²) in [7, 11) is 0. The molecule has 0 aliphatic carbocycles. The van der Waals surface area contributed by atoms with E-state index < -0.39 is 0 Å². The highest BCUT2D eigenvalue weighted by atomic mass is 32.1. The lowest BCUT2D eigenvalue weighted by Gasteiger charge is -2.05. The molecule has 2 aromatic carbocycles. The van der Waals surface area contributed by atoms with E-state index in [-0.39, 0.29) is 28.9 Å². The van der Waals surface area contributed by atoms with Crippen LogP contribution < -0.4 is 10.9 Å². The number of hydrogen-bond acceptors (Lipinski definition) is 11. The molecule has 0 bridgehead atoms. The molecule has 0 spiro atoms. The lowest BCUT2D eigenvalue weighted by Crippen LogP contribution is -2.01. The SMILES string of the molecule is Oc1cccc(C=NNc2nc(NN=Cc3cccc(O)c3O)c3ccsc3n2)c1O. The molecule has 6 N–H and O–H groups in total. The Morgan fingerprint density at radius 3 is 2.03 bits per heavy atom. The molecule has 11 heteroatoms. The molecular weight excluding hydrogens is 420 g/mol. The van der Waals surface area contributed by atoms with Gasteiger partial charge in [-0.3, -0.25) is 5.43 Å². The van der Waals surface area contributed by atoms with Crippen LogP contribution >= 0.6 is 11.3 Å². The fraction of sp³-hybridized carbons (Fsp3) is 0. The first-order valence-electron chi connectivity index (χ1n) is 8.88. The predicted octanol–water partition coefficient (Wildman–Crippen LogP) is 3.41. The largest absolute Gasteiger partial charge is 0.504 e. The van der Waals surface area contributed by atoms with Gasteiger partial charge in [-0.25, -0.2) is 10.4 Å². The monoisotopic (exact) mass is 436 g/mol. The second-order valence-corrected chi connectivity index (χ2v) is 7.10. The first-order chi connectivity index (χ1) is 15.0. The maximum atomic E-state index is 9.85. The van der Waals surface area contributed by atoms with Crippen LogP contribution in [0.2, 0.25) is 0 Å². The number of hydrogen-bond donors (Lipinski definition) is 6. The van der Waals surface area contributed by atoms with Crippen molar-refractivity contribution in [1.29, 1.82) is 0 Å². The first kappa shape index (κ1) is 19.9. The number of fused-ring (bicyclic) bond motifs is 1. The number of anilines is 2. The molecule has 0 fully saturated rings. The van der Waals surface area contributed by atoms with Gasteiger partial charge in [-0.05, 0) is 35.7 Å². The minimum Gasteiger partial charge on any atom is -0.504 e. The molecule has 0 aliphatic heterocycles. The summed E-state index contributed by atoms with van der Waals surface area (Å²) in [5.74, 6) is -0.461. The van der Waals surface area contributed by atoms with E-state index in [2.05, 4.69) is 31.0 Å². The van der Waals surface area contributed by atoms with Crippen LogP contribution in [0.25, 0.3) is 10.2 Å². The molecule has 0 radical (unpaired) electrons. The van der Waals surface area contributed by atoms with Crippen molar-refractivity contribution in [2.45, 2.75) is 0 Å². The number of nitrogens with zero attached hydrogens (tertiary/aromatic N) is 4. The van der Waals surface area contributed by atoms with E-state index in [1.165, 1.54) is 35.9 Å². The minimum absolute atomic E-state index is 0.184. The average Bonchev–Trinajstić information content (AvgIpc) is 3.23. The topological polar surface area (TPSA) is 155 Å². The second kappa shape index (κ2) is 8.55. The van der Waals surface area contributed by atoms with E-state index in [4.69, 9.17) is 0 Å². The summed E-state index contributed by atoms with van der Waals surface area (Å²) in [6.45, 7) is 0. The standard InChI is InChI=1S/C20H16N6O4S/c27-14-5-1-3-11(16(14)29)9-21-25-18-13-7-8-31-19(13)24-20(23-18)26-22-10-12-4-2-6-15(28)17(12)30/h1-10,27-30H,(H2,23,24,25,26). The van der Waals surface area contributed by atoms with Gasteiger partial charge in [0.25, 0.3) is 0 Å². The summed E-state index contributed by atoms with van der Waals surface area (Å²) in [6.07, 6.45) is 2.68. The van der Waals surface area contributed by atoms with E-state index in [0.717, 1.165) is 5.39 Å². The molecule has 0 unspecified atom stereocenters. The summed E-state index contributed by atoms with van der Waals surface area (Å²) in [4.78, 5) is 9.39. The zero-order valence-electron chi connectivity index (χ0n) is 15.8. The Morgan fingerprint density at radius 2 is 1.39 bits per heavy atom. The molecule has 0 saturated heterocycles. The molecule has 4 aromatic rings. The number of nitrogens with one attached hydrogen (secondary N) is 2. The predicted molar refractivity (Wildman–Crippen MR) is 119 cm³/mol. The van der Waals surface area contributed by atoms with Gasteiger partial charge in [-0.1, -0.05) is 12.1 Å². The number of aromatic nitrogens is 2. The van der Waals surface area contributed by atoms with Gasteiger partial charge in [0.1, 0.15) is 4.83 Å². The van der Waals surface area contributed by atoms with Crippen LogP contribution in [-0.2, 0) is 0 Å². The summed E-state index contributed by atoms with van der Waals surface area (Å²) in [5, 5.41) is 49.4. The molecule has 0 aliphatic rings. The van der Waals surface area contributed by atoms with Crippen LogP contribution in [0.1, 0.15) is 11.1 Å². The highest BCUT2D eigenvalue weighted by molar-refractivity contribution is 7.16. The van der Waals surface area contributed by atoms with Crippen molar-refractivity contribution in [2.75, 3.05) is 10.9 Å². The molecule has 0 amide bonds. The molecule has 0 atom stereocenters. The lowest BCUT2D eigenvalue weighted by atomic mass is 10.2. The summed E-state index contributed by atoms with van der Waals surface area (Å²) in [6, 6.07) is 10.9. The fourth-order valence-corrected chi connectivity index (χ4v) is 3.38. The van der Waals surface area contributed by atoms with Crippen molar-refractivity contribution in [2.24, 2.45) is 10.2 Å². The van der Waals surface area contributed by atoms with Crippen molar-refractivity contribution >= 4 is 45.7 Å². The molecule has 2 aromatic heterocycles. The summed E-state index contributed by atoms with van der Waals surface area (Å²) < 4.78 is 0. The Bertz CT molecular complexity index is 1300. The Morgan fingerprint density at radius 1 is 0.774 bits per heavy atom. The minimum atomic E-state index is -0.283. The molecule has 10 nitrogen and oxygen atoms in total. The van der Waals surface area contributed by atoms with Gasteiger partial charge in [0.15, 0.2) is 28.8 Å². The number of benzene rings is 2. The third kappa shape index (κ3) is 4.31. The second-order valence-electron chi connectivity index (χ2n) is 6.21. The van der Waals surface area contributed by atoms with Crippen molar-refractivity contribution in [3.05, 3.63) is 59.0 Å². The van der Waals surface area contributed by atoms with Crippen LogP contribution in [0.4, 0.5) is 11.8 Å². The number of aromatic hydroxyl groups is 4. The van der Waals surface area contributed by atoms with Crippen LogP contribution in [0, 0.1) is 0 Å². The van der Waals surface area contributed by atoms with Gasteiger partial charge in [-0.15, -0.1) is 11.3 Å². The number of hydrazone groups is 2. The third-order valence-corrected chi connectivity index (χ3v) is 4.97. The number of phenolic OH excluding ortho intramolecular Hbond substituents is 4. The van der Waals surface area contributed by atoms with E-state index in [0.29, 0.717) is 21.8 Å². The lowest BCUT2D eigenvalue weighted by molar-refractivity contribution is 0.403. The highest BCUT2D eigenvalue weighted by Gasteiger charge is 2.09. The zero-order valence-corrected chi connectivity index (χ0v) is 16.6. The molecule has 2 heterocycles. The van der Waals surface area contributed by atoms with Crippen molar-refractivity contribution < 1.29 is 20.4 Å². The number of thiophene rings is 1. The van der Waals surface area contributed by atoms with Gasteiger partial charge in [0.05, 0.1) is 17.8 Å². The number of rotatable bonds is 6. The first-order valence-corrected chi connectivity index (χ1v) is 9.76. The van der Waals surface area contributed by atoms with Crippen LogP contribution in [0.5, 0.6) is 23.0 Å². The van der Waals surface area contributed by atoms with E-state index in [1.807, 2.05) is 11.4 Å². The average molecular weight is 436 g/mol. The van der Waals surface area contributed by atoms with Crippen LogP contribution in [-0.4, -0.2) is 42.8 Å². The van der Waals surface area contributed by atoms with Gasteiger partial charge in [0, 0.05) is 11.1 Å². The maximum absolute atomic E-state index is 9.85. The van der Waals surface area contributed by atoms with E-state index >= 15 is 0 Å². The van der Waals surface area contributed by atoms with E-state index in [1.54, 1.807) is 24.3 Å². The van der Waals surface area contributed by atoms with Gasteiger partial charge in [0.2, 0.25) is 5.95 Å². The number of phenols is 4. The van der Waals surface area contributed by atoms with Crippen LogP contribution in [0.3, 0.4) is 0 Å². The Hall–Kier alpha value is -4.38. The number of para-hydroxylation sites is 2. The molecule has 0 saturated carbocycles. The van der Waals surface area contributed by atoms with Crippen LogP contribution in [0.15, 0.2) is 58.0 Å². The third-order valence-electron chi connectivity index (χ3n) is 4.16. The molecule has 31 heavy (non-hydrogen) atoms. The van der Waals surface area contributed by atoms with Crippen molar-refractivity contribution in [1.82, 2.24) is 9.97 Å². The van der Waals surface area contributed by atoms with Crippen molar-refractivity contribution in [3.8, 4) is 23.0 Å². The van der Waals surface area contributed by atoms with E-state index in [9.17, 15) is 20.4 Å². The van der Waals surface area contributed by atoms with Gasteiger partial charge >= 0.3 is 0 Å². The normalized spacial score (nSPS) is 11.5. The molecule has 4 rings (SSSR count). The molecule has 156 valence electrons. The van der Waals surface area contributed by atoms with Crippen molar-refractivity contribution in [3.63, 3.8) is 0 Å². The Labute approximate surface area is 179 Å². The van der Waals surface area contributed by atoms with Gasteiger partial charge in [-0.2, -0.15) is 15.2 Å². The maximum Gasteiger partial charge on any atom is 0.246 e. The summed E-state index contributed by atoms with van der Waals surface area (Å²) in [5.41, 5.74) is 6.13. The quantitative estimate of drug-likeness (QED) is 0.153. The van der Waals surface area contributed by atoms with Gasteiger partial charge < -0.3 is 20.4 Å². The molecular formula is C20H16N6O4S. The zero-order chi connectivity index (χ0) is 21.8.